The fourth-order valence-electron chi connectivity index (χ4n) is 1.41. The predicted molar refractivity (Wildman–Crippen MR) is 58.6 cm³/mol. The fourth-order valence-corrected chi connectivity index (χ4v) is 2.16. The van der Waals surface area contributed by atoms with Crippen LogP contribution in [0.5, 0.6) is 0 Å². The second-order valence-corrected chi connectivity index (χ2v) is 5.54. The Hall–Kier alpha value is -1.03. The smallest absolute Gasteiger partial charge is 0.147 e. The number of nitrogens with zero attached hydrogens (tertiary/aromatic N) is 3. The second-order valence-electron chi connectivity index (χ2n) is 4.36. The summed E-state index contributed by atoms with van der Waals surface area (Å²) in [5.74, 6) is 0. The first kappa shape index (κ1) is 9.52. The van der Waals surface area contributed by atoms with Gasteiger partial charge in [0.1, 0.15) is 16.7 Å². The molecular formula is C10H13N3S. The van der Waals surface area contributed by atoms with Gasteiger partial charge in [0, 0.05) is 5.41 Å². The maximum atomic E-state index is 4.47. The zero-order valence-corrected chi connectivity index (χ0v) is 9.64. The van der Waals surface area contributed by atoms with E-state index >= 15 is 0 Å². The summed E-state index contributed by atoms with van der Waals surface area (Å²) in [6.07, 6.45) is 1.63. The highest BCUT2D eigenvalue weighted by molar-refractivity contribution is 7.18. The Morgan fingerprint density at radius 2 is 1.93 bits per heavy atom. The molecule has 0 aliphatic heterocycles. The molecule has 2 heterocycles. The van der Waals surface area contributed by atoms with Gasteiger partial charge in [0.25, 0.3) is 0 Å². The van der Waals surface area contributed by atoms with Crippen LogP contribution in [0, 0.1) is 6.92 Å². The lowest BCUT2D eigenvalue weighted by Gasteiger charge is -2.16. The van der Waals surface area contributed by atoms with Crippen molar-refractivity contribution in [3.05, 3.63) is 17.0 Å². The van der Waals surface area contributed by atoms with Crippen molar-refractivity contribution >= 4 is 21.7 Å². The molecule has 0 radical (unpaired) electrons. The second kappa shape index (κ2) is 2.98. The van der Waals surface area contributed by atoms with Crippen molar-refractivity contribution in [1.82, 2.24) is 15.0 Å². The molecule has 0 amide bonds. The molecule has 0 atom stereocenters. The first-order valence-corrected chi connectivity index (χ1v) is 5.39. The third-order valence-electron chi connectivity index (χ3n) is 2.01. The van der Waals surface area contributed by atoms with Crippen LogP contribution in [0.3, 0.4) is 0 Å². The molecule has 2 aromatic rings. The van der Waals surface area contributed by atoms with Gasteiger partial charge in [-0.3, -0.25) is 0 Å². The topological polar surface area (TPSA) is 38.7 Å². The monoisotopic (exact) mass is 207 g/mol. The Morgan fingerprint density at radius 1 is 1.21 bits per heavy atom. The van der Waals surface area contributed by atoms with Crippen molar-refractivity contribution in [2.45, 2.75) is 33.1 Å². The molecule has 0 aliphatic rings. The van der Waals surface area contributed by atoms with Crippen molar-refractivity contribution in [3.63, 3.8) is 0 Å². The summed E-state index contributed by atoms with van der Waals surface area (Å²) >= 11 is 1.62. The summed E-state index contributed by atoms with van der Waals surface area (Å²) in [6.45, 7) is 8.43. The summed E-state index contributed by atoms with van der Waals surface area (Å²) in [4.78, 5) is 14.0. The highest BCUT2D eigenvalue weighted by Crippen LogP contribution is 2.28. The van der Waals surface area contributed by atoms with Crippen LogP contribution in [0.2, 0.25) is 0 Å². The van der Waals surface area contributed by atoms with Gasteiger partial charge in [-0.1, -0.05) is 32.1 Å². The Labute approximate surface area is 87.2 Å². The summed E-state index contributed by atoms with van der Waals surface area (Å²) in [6, 6.07) is 0. The van der Waals surface area contributed by atoms with Crippen molar-refractivity contribution in [2.24, 2.45) is 0 Å². The van der Waals surface area contributed by atoms with Crippen LogP contribution in [-0.2, 0) is 5.41 Å². The van der Waals surface area contributed by atoms with Gasteiger partial charge >= 0.3 is 0 Å². The molecule has 0 aromatic carbocycles. The molecule has 0 spiro atoms. The molecule has 14 heavy (non-hydrogen) atoms. The molecule has 74 valence electrons. The van der Waals surface area contributed by atoms with E-state index < -0.39 is 0 Å². The number of rotatable bonds is 0. The number of fused-ring (bicyclic) bond motifs is 1. The SMILES string of the molecule is Cc1nc2c(C(C)(C)C)ncnc2s1. The fraction of sp³-hybridized carbons (Fsp3) is 0.500. The van der Waals surface area contributed by atoms with E-state index in [4.69, 9.17) is 0 Å². The van der Waals surface area contributed by atoms with Crippen molar-refractivity contribution < 1.29 is 0 Å². The largest absolute Gasteiger partial charge is 0.238 e. The zero-order valence-electron chi connectivity index (χ0n) is 8.83. The van der Waals surface area contributed by atoms with Gasteiger partial charge in [-0.15, -0.1) is 0 Å². The Bertz CT molecular complexity index is 468. The van der Waals surface area contributed by atoms with E-state index in [2.05, 4.69) is 35.7 Å². The molecule has 0 saturated heterocycles. The quantitative estimate of drug-likeness (QED) is 0.666. The number of aryl methyl sites for hydroxylation is 1. The van der Waals surface area contributed by atoms with E-state index in [1.807, 2.05) is 6.92 Å². The normalized spacial score (nSPS) is 12.3. The summed E-state index contributed by atoms with van der Waals surface area (Å²) in [5, 5.41) is 1.05. The van der Waals surface area contributed by atoms with Crippen LogP contribution in [0.15, 0.2) is 6.33 Å². The van der Waals surface area contributed by atoms with E-state index in [1.165, 1.54) is 0 Å². The highest BCUT2D eigenvalue weighted by Gasteiger charge is 2.20. The predicted octanol–water partition coefficient (Wildman–Crippen LogP) is 2.69. The molecule has 0 bridgehead atoms. The van der Waals surface area contributed by atoms with E-state index in [-0.39, 0.29) is 5.41 Å². The first-order chi connectivity index (χ1) is 6.48. The summed E-state index contributed by atoms with van der Waals surface area (Å²) in [7, 11) is 0. The highest BCUT2D eigenvalue weighted by atomic mass is 32.1. The average Bonchev–Trinajstić information content (AvgIpc) is 2.41. The summed E-state index contributed by atoms with van der Waals surface area (Å²) < 4.78 is 0. The van der Waals surface area contributed by atoms with Crippen LogP contribution < -0.4 is 0 Å². The zero-order chi connectivity index (χ0) is 10.3. The number of hydrogen-bond donors (Lipinski definition) is 0. The molecule has 0 fully saturated rings. The van der Waals surface area contributed by atoms with Crippen LogP contribution in [-0.4, -0.2) is 15.0 Å². The molecule has 0 N–H and O–H groups in total. The maximum absolute atomic E-state index is 4.47. The van der Waals surface area contributed by atoms with Crippen LogP contribution in [0.25, 0.3) is 10.3 Å². The number of thiazole rings is 1. The van der Waals surface area contributed by atoms with Crippen LogP contribution in [0.1, 0.15) is 31.5 Å². The van der Waals surface area contributed by atoms with E-state index in [0.29, 0.717) is 0 Å². The lowest BCUT2D eigenvalue weighted by Crippen LogP contribution is -2.14. The van der Waals surface area contributed by atoms with Crippen LogP contribution >= 0.6 is 11.3 Å². The van der Waals surface area contributed by atoms with Gasteiger partial charge in [-0.25, -0.2) is 15.0 Å². The minimum absolute atomic E-state index is 0.0295. The molecule has 2 aromatic heterocycles. The molecule has 0 unspecified atom stereocenters. The van der Waals surface area contributed by atoms with Crippen molar-refractivity contribution in [1.29, 1.82) is 0 Å². The summed E-state index contributed by atoms with van der Waals surface area (Å²) in [5.41, 5.74) is 2.02. The lowest BCUT2D eigenvalue weighted by atomic mass is 9.91. The maximum Gasteiger partial charge on any atom is 0.147 e. The molecule has 2 rings (SSSR count). The lowest BCUT2D eigenvalue weighted by molar-refractivity contribution is 0.573. The number of aromatic nitrogens is 3. The molecule has 4 heteroatoms. The van der Waals surface area contributed by atoms with Crippen LogP contribution in [0.4, 0.5) is 0 Å². The minimum Gasteiger partial charge on any atom is -0.238 e. The third kappa shape index (κ3) is 1.50. The molecule has 0 saturated carbocycles. The first-order valence-electron chi connectivity index (χ1n) is 4.57. The minimum atomic E-state index is 0.0295. The standard InChI is InChI=1S/C10H13N3S/c1-6-13-7-8(10(2,3)4)11-5-12-9(7)14-6/h5H,1-4H3. The molecule has 3 nitrogen and oxygen atoms in total. The Kier molecular flexibility index (Phi) is 2.03. The van der Waals surface area contributed by atoms with Gasteiger partial charge in [-0.2, -0.15) is 0 Å². The van der Waals surface area contributed by atoms with Crippen molar-refractivity contribution in [3.8, 4) is 0 Å². The molecular weight excluding hydrogens is 194 g/mol. The average molecular weight is 207 g/mol. The van der Waals surface area contributed by atoms with E-state index in [1.54, 1.807) is 17.7 Å². The number of hydrogen-bond acceptors (Lipinski definition) is 4. The van der Waals surface area contributed by atoms with Gasteiger partial charge in [0.05, 0.1) is 10.7 Å². The van der Waals surface area contributed by atoms with E-state index in [0.717, 1.165) is 21.0 Å². The Balaban J connectivity index is 2.77. The Morgan fingerprint density at radius 3 is 2.57 bits per heavy atom. The molecule has 0 aliphatic carbocycles. The van der Waals surface area contributed by atoms with E-state index in [9.17, 15) is 0 Å². The van der Waals surface area contributed by atoms with Gasteiger partial charge in [-0.05, 0) is 6.92 Å². The van der Waals surface area contributed by atoms with Gasteiger partial charge in [0.2, 0.25) is 0 Å². The van der Waals surface area contributed by atoms with Gasteiger partial charge < -0.3 is 0 Å². The van der Waals surface area contributed by atoms with Gasteiger partial charge in [0.15, 0.2) is 0 Å². The van der Waals surface area contributed by atoms with Crippen molar-refractivity contribution in [2.75, 3.05) is 0 Å². The third-order valence-corrected chi connectivity index (χ3v) is 2.89.